The van der Waals surface area contributed by atoms with E-state index in [0.29, 0.717) is 13.2 Å². The molecule has 0 aliphatic carbocycles. The molecule has 0 saturated carbocycles. The topological polar surface area (TPSA) is 43.0 Å². The summed E-state index contributed by atoms with van der Waals surface area (Å²) in [5, 5.41) is 4.41. The zero-order valence-electron chi connectivity index (χ0n) is 15.3. The van der Waals surface area contributed by atoms with Crippen LogP contribution in [0.2, 0.25) is 5.02 Å². The van der Waals surface area contributed by atoms with Crippen LogP contribution in [0.15, 0.2) is 42.5 Å². The van der Waals surface area contributed by atoms with E-state index in [0.717, 1.165) is 67.0 Å². The summed E-state index contributed by atoms with van der Waals surface area (Å²) in [6.45, 7) is 6.07. The molecular formula is C21H25ClN2O3. The second kappa shape index (κ2) is 8.93. The average molecular weight is 389 g/mol. The highest BCUT2D eigenvalue weighted by molar-refractivity contribution is 6.31. The molecule has 1 unspecified atom stereocenters. The number of hydrogen-bond acceptors (Lipinski definition) is 5. The maximum absolute atomic E-state index is 6.51. The minimum absolute atomic E-state index is 0.208. The highest BCUT2D eigenvalue weighted by Gasteiger charge is 2.24. The van der Waals surface area contributed by atoms with Crippen molar-refractivity contribution in [2.75, 3.05) is 46.1 Å². The predicted octanol–water partition coefficient (Wildman–Crippen LogP) is 3.27. The van der Waals surface area contributed by atoms with Crippen LogP contribution in [-0.2, 0) is 11.3 Å². The summed E-state index contributed by atoms with van der Waals surface area (Å²) in [6.07, 6.45) is 0. The van der Waals surface area contributed by atoms with Gasteiger partial charge < -0.3 is 19.5 Å². The van der Waals surface area contributed by atoms with E-state index in [9.17, 15) is 0 Å². The second-order valence-corrected chi connectivity index (χ2v) is 7.17. The maximum Gasteiger partial charge on any atom is 0.165 e. The zero-order valence-corrected chi connectivity index (χ0v) is 16.1. The third kappa shape index (κ3) is 4.38. The number of rotatable bonds is 6. The molecule has 27 heavy (non-hydrogen) atoms. The first-order chi connectivity index (χ1) is 13.3. The molecule has 144 valence electrons. The lowest BCUT2D eigenvalue weighted by molar-refractivity contribution is 0.0161. The highest BCUT2D eigenvalue weighted by Crippen LogP contribution is 2.34. The van der Waals surface area contributed by atoms with Gasteiger partial charge in [-0.2, -0.15) is 0 Å². The van der Waals surface area contributed by atoms with Crippen LogP contribution in [0.4, 0.5) is 0 Å². The summed E-state index contributed by atoms with van der Waals surface area (Å²) in [7, 11) is 0. The standard InChI is InChI=1S/C21H25ClN2O3/c22-18-6-2-1-5-17(18)19(24-8-10-25-11-9-24)15-23-14-16-4-3-7-20-21(16)27-13-12-26-20/h1-7,19,23H,8-15H2. The van der Waals surface area contributed by atoms with Gasteiger partial charge in [-0.1, -0.05) is 41.9 Å². The number of fused-ring (bicyclic) bond motifs is 1. The van der Waals surface area contributed by atoms with Crippen LogP contribution >= 0.6 is 11.6 Å². The number of morpholine rings is 1. The van der Waals surface area contributed by atoms with Crippen LogP contribution in [0.3, 0.4) is 0 Å². The average Bonchev–Trinajstić information content (AvgIpc) is 2.73. The summed E-state index contributed by atoms with van der Waals surface area (Å²) in [5.41, 5.74) is 2.27. The number of halogens is 1. The molecule has 1 N–H and O–H groups in total. The van der Waals surface area contributed by atoms with Crippen LogP contribution in [0.5, 0.6) is 11.5 Å². The van der Waals surface area contributed by atoms with Crippen molar-refractivity contribution in [3.8, 4) is 11.5 Å². The van der Waals surface area contributed by atoms with E-state index in [-0.39, 0.29) is 6.04 Å². The van der Waals surface area contributed by atoms with Crippen molar-refractivity contribution in [1.29, 1.82) is 0 Å². The van der Waals surface area contributed by atoms with Crippen molar-refractivity contribution in [3.63, 3.8) is 0 Å². The fourth-order valence-corrected chi connectivity index (χ4v) is 3.95. The first kappa shape index (κ1) is 18.6. The molecular weight excluding hydrogens is 364 g/mol. The van der Waals surface area contributed by atoms with E-state index in [4.69, 9.17) is 25.8 Å². The van der Waals surface area contributed by atoms with E-state index < -0.39 is 0 Å². The van der Waals surface area contributed by atoms with E-state index in [2.05, 4.69) is 22.3 Å². The summed E-state index contributed by atoms with van der Waals surface area (Å²) in [6, 6.07) is 14.4. The lowest BCUT2D eigenvalue weighted by Gasteiger charge is -2.35. The smallest absolute Gasteiger partial charge is 0.165 e. The van der Waals surface area contributed by atoms with E-state index in [1.807, 2.05) is 30.3 Å². The Labute approximate surface area is 165 Å². The molecule has 4 rings (SSSR count). The van der Waals surface area contributed by atoms with Crippen LogP contribution in [-0.4, -0.2) is 51.0 Å². The molecule has 0 aromatic heterocycles. The molecule has 1 fully saturated rings. The number of hydrogen-bond donors (Lipinski definition) is 1. The van der Waals surface area contributed by atoms with Crippen molar-refractivity contribution in [1.82, 2.24) is 10.2 Å². The third-order valence-corrected chi connectivity index (χ3v) is 5.40. The first-order valence-electron chi connectivity index (χ1n) is 9.47. The molecule has 1 saturated heterocycles. The van der Waals surface area contributed by atoms with Gasteiger partial charge in [-0.3, -0.25) is 4.90 Å². The van der Waals surface area contributed by atoms with Gasteiger partial charge >= 0.3 is 0 Å². The van der Waals surface area contributed by atoms with Gasteiger partial charge in [-0.15, -0.1) is 0 Å². The monoisotopic (exact) mass is 388 g/mol. The van der Waals surface area contributed by atoms with Crippen molar-refractivity contribution in [2.45, 2.75) is 12.6 Å². The van der Waals surface area contributed by atoms with Gasteiger partial charge in [-0.05, 0) is 17.7 Å². The number of nitrogens with zero attached hydrogens (tertiary/aromatic N) is 1. The second-order valence-electron chi connectivity index (χ2n) is 6.76. The molecule has 0 bridgehead atoms. The molecule has 2 aromatic rings. The van der Waals surface area contributed by atoms with E-state index >= 15 is 0 Å². The van der Waals surface area contributed by atoms with Crippen LogP contribution < -0.4 is 14.8 Å². The Morgan fingerprint density at radius 2 is 1.78 bits per heavy atom. The van der Waals surface area contributed by atoms with Crippen molar-refractivity contribution in [3.05, 3.63) is 58.6 Å². The quantitative estimate of drug-likeness (QED) is 0.822. The number of nitrogens with one attached hydrogen (secondary N) is 1. The minimum Gasteiger partial charge on any atom is -0.486 e. The zero-order chi connectivity index (χ0) is 18.5. The Kier molecular flexibility index (Phi) is 6.14. The molecule has 0 spiro atoms. The van der Waals surface area contributed by atoms with Crippen molar-refractivity contribution < 1.29 is 14.2 Å². The van der Waals surface area contributed by atoms with Crippen molar-refractivity contribution >= 4 is 11.6 Å². The molecule has 0 amide bonds. The van der Waals surface area contributed by atoms with Gasteiger partial charge in [0.05, 0.1) is 13.2 Å². The Hall–Kier alpha value is -1.79. The molecule has 0 radical (unpaired) electrons. The predicted molar refractivity (Wildman–Crippen MR) is 106 cm³/mol. The molecule has 2 aliphatic heterocycles. The first-order valence-corrected chi connectivity index (χ1v) is 9.85. The Morgan fingerprint density at radius 3 is 2.63 bits per heavy atom. The fraction of sp³-hybridized carbons (Fsp3) is 0.429. The SMILES string of the molecule is Clc1ccccc1C(CNCc1cccc2c1OCCO2)N1CCOCC1. The Balaban J connectivity index is 1.47. The fourth-order valence-electron chi connectivity index (χ4n) is 3.69. The van der Waals surface area contributed by atoms with Gasteiger partial charge in [-0.25, -0.2) is 0 Å². The highest BCUT2D eigenvalue weighted by atomic mass is 35.5. The van der Waals surface area contributed by atoms with Crippen LogP contribution in [0, 0.1) is 0 Å². The molecule has 2 aromatic carbocycles. The summed E-state index contributed by atoms with van der Waals surface area (Å²) >= 11 is 6.51. The summed E-state index contributed by atoms with van der Waals surface area (Å²) in [4.78, 5) is 2.44. The Bertz CT molecular complexity index is 765. The summed E-state index contributed by atoms with van der Waals surface area (Å²) in [5.74, 6) is 1.69. The van der Waals surface area contributed by atoms with Gasteiger partial charge in [0.2, 0.25) is 0 Å². The summed E-state index contributed by atoms with van der Waals surface area (Å²) < 4.78 is 17.0. The van der Waals surface area contributed by atoms with Crippen LogP contribution in [0.1, 0.15) is 17.2 Å². The third-order valence-electron chi connectivity index (χ3n) is 5.05. The molecule has 5 nitrogen and oxygen atoms in total. The van der Waals surface area contributed by atoms with Crippen molar-refractivity contribution in [2.24, 2.45) is 0 Å². The molecule has 6 heteroatoms. The normalized spacial score (nSPS) is 18.3. The maximum atomic E-state index is 6.51. The van der Waals surface area contributed by atoms with E-state index in [1.165, 1.54) is 0 Å². The lowest BCUT2D eigenvalue weighted by atomic mass is 10.0. The lowest BCUT2D eigenvalue weighted by Crippen LogP contribution is -2.42. The van der Waals surface area contributed by atoms with Crippen LogP contribution in [0.25, 0.3) is 0 Å². The van der Waals surface area contributed by atoms with Gasteiger partial charge in [0.1, 0.15) is 13.2 Å². The number of para-hydroxylation sites is 1. The number of ether oxygens (including phenoxy) is 3. The Morgan fingerprint density at radius 1 is 0.963 bits per heavy atom. The largest absolute Gasteiger partial charge is 0.486 e. The molecule has 1 atom stereocenters. The molecule has 2 aliphatic rings. The van der Waals surface area contributed by atoms with Gasteiger partial charge in [0.15, 0.2) is 11.5 Å². The number of benzene rings is 2. The van der Waals surface area contributed by atoms with E-state index in [1.54, 1.807) is 0 Å². The van der Waals surface area contributed by atoms with Gasteiger partial charge in [0.25, 0.3) is 0 Å². The molecule has 2 heterocycles. The van der Waals surface area contributed by atoms with Gasteiger partial charge in [0, 0.05) is 42.8 Å². The minimum atomic E-state index is 0.208.